The van der Waals surface area contributed by atoms with Gasteiger partial charge in [0.25, 0.3) is 0 Å². The van der Waals surface area contributed by atoms with E-state index in [0.29, 0.717) is 0 Å². The second-order valence-electron chi connectivity index (χ2n) is 5.84. The summed E-state index contributed by atoms with van der Waals surface area (Å²) in [5.41, 5.74) is 0. The van der Waals surface area contributed by atoms with Crippen molar-refractivity contribution in [2.24, 2.45) is 5.92 Å². The molecule has 2 rings (SSSR count). The van der Waals surface area contributed by atoms with Crippen LogP contribution in [-0.4, -0.2) is 48.1 Å². The predicted octanol–water partition coefficient (Wildman–Crippen LogP) is 2.98. The second kappa shape index (κ2) is 7.76. The normalized spacial score (nSPS) is 29.7. The summed E-state index contributed by atoms with van der Waals surface area (Å²) in [7, 11) is 0. The van der Waals surface area contributed by atoms with Gasteiger partial charge in [0.15, 0.2) is 0 Å². The fourth-order valence-electron chi connectivity index (χ4n) is 3.10. The third-order valence-electron chi connectivity index (χ3n) is 4.31. The van der Waals surface area contributed by atoms with Gasteiger partial charge in [0, 0.05) is 25.2 Å². The Labute approximate surface area is 117 Å². The lowest BCUT2D eigenvalue weighted by molar-refractivity contribution is 0.116. The minimum atomic E-state index is 0.802. The maximum Gasteiger partial charge on any atom is 0.0224 e. The Morgan fingerprint density at radius 1 is 1.28 bits per heavy atom. The Kier molecular flexibility index (Phi) is 6.33. The van der Waals surface area contributed by atoms with Crippen LogP contribution in [0, 0.1) is 5.92 Å². The zero-order valence-corrected chi connectivity index (χ0v) is 13.0. The third-order valence-corrected chi connectivity index (χ3v) is 5.30. The molecule has 0 aromatic heterocycles. The number of nitrogens with one attached hydrogen (secondary N) is 1. The quantitative estimate of drug-likeness (QED) is 0.683. The van der Waals surface area contributed by atoms with Gasteiger partial charge in [-0.05, 0) is 49.7 Å². The van der Waals surface area contributed by atoms with Crippen LogP contribution in [0.5, 0.6) is 0 Å². The van der Waals surface area contributed by atoms with Crippen molar-refractivity contribution in [3.8, 4) is 0 Å². The van der Waals surface area contributed by atoms with E-state index in [0.717, 1.165) is 18.0 Å². The molecule has 1 saturated carbocycles. The molecule has 1 aliphatic carbocycles. The topological polar surface area (TPSA) is 15.3 Å². The highest BCUT2D eigenvalue weighted by atomic mass is 32.2. The molecule has 0 aromatic rings. The van der Waals surface area contributed by atoms with Crippen LogP contribution in [0.15, 0.2) is 0 Å². The lowest BCUT2D eigenvalue weighted by Gasteiger charge is -2.41. The molecule has 2 aliphatic rings. The van der Waals surface area contributed by atoms with E-state index >= 15 is 0 Å². The average molecular weight is 270 g/mol. The van der Waals surface area contributed by atoms with Crippen LogP contribution >= 0.6 is 11.8 Å². The number of hydrogen-bond acceptors (Lipinski definition) is 3. The summed E-state index contributed by atoms with van der Waals surface area (Å²) in [6.45, 7) is 8.45. The highest BCUT2D eigenvalue weighted by Crippen LogP contribution is 2.34. The number of piperazine rings is 1. The molecule has 2 fully saturated rings. The summed E-state index contributed by atoms with van der Waals surface area (Å²) in [6.07, 6.45) is 6.99. The van der Waals surface area contributed by atoms with Gasteiger partial charge in [-0.25, -0.2) is 0 Å². The smallest absolute Gasteiger partial charge is 0.0224 e. The Morgan fingerprint density at radius 2 is 2.11 bits per heavy atom. The molecule has 1 N–H and O–H groups in total. The van der Waals surface area contributed by atoms with Crippen LogP contribution < -0.4 is 5.32 Å². The van der Waals surface area contributed by atoms with Gasteiger partial charge in [-0.3, -0.25) is 4.90 Å². The van der Waals surface area contributed by atoms with Crippen LogP contribution in [0.2, 0.25) is 0 Å². The molecule has 2 nitrogen and oxygen atoms in total. The molecule has 1 heterocycles. The molecule has 1 saturated heterocycles. The highest BCUT2D eigenvalue weighted by Gasteiger charge is 2.36. The molecule has 0 bridgehead atoms. The van der Waals surface area contributed by atoms with Crippen molar-refractivity contribution >= 4 is 11.8 Å². The predicted molar refractivity (Wildman–Crippen MR) is 82.4 cm³/mol. The van der Waals surface area contributed by atoms with Gasteiger partial charge in [0.1, 0.15) is 0 Å². The Balaban J connectivity index is 1.75. The van der Waals surface area contributed by atoms with Crippen molar-refractivity contribution in [2.75, 3.05) is 31.1 Å². The van der Waals surface area contributed by atoms with E-state index in [9.17, 15) is 0 Å². The van der Waals surface area contributed by atoms with Crippen molar-refractivity contribution in [1.82, 2.24) is 10.2 Å². The summed E-state index contributed by atoms with van der Waals surface area (Å²) in [4.78, 5) is 2.79. The number of rotatable bonds is 8. The monoisotopic (exact) mass is 270 g/mol. The van der Waals surface area contributed by atoms with Gasteiger partial charge in [-0.2, -0.15) is 11.8 Å². The summed E-state index contributed by atoms with van der Waals surface area (Å²) < 4.78 is 0. The standard InChI is InChI=1S/C15H30N2S/c1-3-6-14-11-16-15(13-7-8-13)12-17(14)9-5-10-18-4-2/h13-16H,3-12H2,1-2H3. The van der Waals surface area contributed by atoms with E-state index < -0.39 is 0 Å². The maximum atomic E-state index is 3.80. The number of nitrogens with zero attached hydrogens (tertiary/aromatic N) is 1. The first-order valence-corrected chi connectivity index (χ1v) is 9.05. The lowest BCUT2D eigenvalue weighted by Crippen LogP contribution is -2.57. The van der Waals surface area contributed by atoms with Crippen LogP contribution in [0.4, 0.5) is 0 Å². The first-order valence-electron chi connectivity index (χ1n) is 7.90. The molecule has 0 spiro atoms. The van der Waals surface area contributed by atoms with Crippen molar-refractivity contribution in [3.63, 3.8) is 0 Å². The Morgan fingerprint density at radius 3 is 2.78 bits per heavy atom. The van der Waals surface area contributed by atoms with Crippen LogP contribution in [-0.2, 0) is 0 Å². The van der Waals surface area contributed by atoms with Crippen molar-refractivity contribution in [2.45, 2.75) is 58.0 Å². The first-order chi connectivity index (χ1) is 8.85. The van der Waals surface area contributed by atoms with Crippen molar-refractivity contribution < 1.29 is 0 Å². The molecule has 18 heavy (non-hydrogen) atoms. The van der Waals surface area contributed by atoms with Crippen molar-refractivity contribution in [1.29, 1.82) is 0 Å². The molecular weight excluding hydrogens is 240 g/mol. The lowest BCUT2D eigenvalue weighted by atomic mass is 10.0. The number of hydrogen-bond donors (Lipinski definition) is 1. The van der Waals surface area contributed by atoms with Crippen LogP contribution in [0.3, 0.4) is 0 Å². The largest absolute Gasteiger partial charge is 0.311 e. The van der Waals surface area contributed by atoms with Gasteiger partial charge >= 0.3 is 0 Å². The molecule has 2 atom stereocenters. The maximum absolute atomic E-state index is 3.80. The fourth-order valence-corrected chi connectivity index (χ4v) is 3.72. The zero-order chi connectivity index (χ0) is 12.8. The molecule has 106 valence electrons. The fraction of sp³-hybridized carbons (Fsp3) is 1.00. The zero-order valence-electron chi connectivity index (χ0n) is 12.2. The summed E-state index contributed by atoms with van der Waals surface area (Å²) in [5, 5.41) is 3.80. The minimum Gasteiger partial charge on any atom is -0.311 e. The van der Waals surface area contributed by atoms with E-state index in [1.165, 1.54) is 63.2 Å². The highest BCUT2D eigenvalue weighted by molar-refractivity contribution is 7.99. The van der Waals surface area contributed by atoms with Crippen LogP contribution in [0.25, 0.3) is 0 Å². The minimum absolute atomic E-state index is 0.802. The average Bonchev–Trinajstić information content (AvgIpc) is 3.21. The van der Waals surface area contributed by atoms with E-state index in [1.54, 1.807) is 0 Å². The first kappa shape index (κ1) is 14.7. The van der Waals surface area contributed by atoms with E-state index in [2.05, 4.69) is 35.8 Å². The van der Waals surface area contributed by atoms with E-state index in [4.69, 9.17) is 0 Å². The second-order valence-corrected chi connectivity index (χ2v) is 7.23. The van der Waals surface area contributed by atoms with Crippen molar-refractivity contribution in [3.05, 3.63) is 0 Å². The Hall–Kier alpha value is 0.270. The number of thioether (sulfide) groups is 1. The van der Waals surface area contributed by atoms with E-state index in [1.807, 2.05) is 0 Å². The summed E-state index contributed by atoms with van der Waals surface area (Å²) in [6, 6.07) is 1.61. The third kappa shape index (κ3) is 4.43. The van der Waals surface area contributed by atoms with Gasteiger partial charge in [-0.15, -0.1) is 0 Å². The Bertz CT molecular complexity index is 231. The molecule has 1 aliphatic heterocycles. The molecular formula is C15H30N2S. The summed E-state index contributed by atoms with van der Waals surface area (Å²) in [5.74, 6) is 3.61. The van der Waals surface area contributed by atoms with Gasteiger partial charge in [-0.1, -0.05) is 20.3 Å². The molecule has 0 aromatic carbocycles. The molecule has 0 amide bonds. The van der Waals surface area contributed by atoms with E-state index in [-0.39, 0.29) is 0 Å². The molecule has 3 heteroatoms. The molecule has 0 radical (unpaired) electrons. The van der Waals surface area contributed by atoms with Gasteiger partial charge < -0.3 is 5.32 Å². The summed E-state index contributed by atoms with van der Waals surface area (Å²) >= 11 is 2.09. The van der Waals surface area contributed by atoms with Gasteiger partial charge in [0.2, 0.25) is 0 Å². The van der Waals surface area contributed by atoms with Gasteiger partial charge in [0.05, 0.1) is 0 Å². The molecule has 2 unspecified atom stereocenters. The van der Waals surface area contributed by atoms with Crippen LogP contribution in [0.1, 0.15) is 46.0 Å². The SMILES string of the molecule is CCCC1CNC(C2CC2)CN1CCCSCC.